The first-order valence-electron chi connectivity index (χ1n) is 10.9. The Hall–Kier alpha value is -4.35. The molecule has 0 unspecified atom stereocenters. The van der Waals surface area contributed by atoms with Crippen molar-refractivity contribution in [3.8, 4) is 11.3 Å². The number of dihydropyridines is 1. The van der Waals surface area contributed by atoms with E-state index in [-0.39, 0.29) is 5.70 Å². The quantitative estimate of drug-likeness (QED) is 0.0967. The minimum Gasteiger partial charge on any atom is -0.513 e. The van der Waals surface area contributed by atoms with Crippen LogP contribution in [0.1, 0.15) is 21.6 Å². The molecule has 0 amide bonds. The van der Waals surface area contributed by atoms with Crippen LogP contribution in [0, 0.1) is 10.1 Å². The van der Waals surface area contributed by atoms with E-state index in [1.54, 1.807) is 55.0 Å². The summed E-state index contributed by atoms with van der Waals surface area (Å²) in [5, 5.41) is 29.4. The first kappa shape index (κ1) is 33.7. The highest BCUT2D eigenvalue weighted by Crippen LogP contribution is 2.26. The summed E-state index contributed by atoms with van der Waals surface area (Å²) in [6.45, 7) is 7.21. The standard InChI is InChI=1S/C13H9ClN2O.C7H5Cl2N.C6H6N2O3.CH4O/c1-2-9-5-12(14)13(16-6-9)10-3-4-11(8-17)15-7-10;1-2-5-3-6(8)7(9)10-4-5;9-4-5-1-2-6(3-7-5)8(10)11;1-2/h2-8H,1H2;2-4H,1H2;1-4,7,9H;2H,1H3. The third-order valence-corrected chi connectivity index (χ3v) is 5.48. The second kappa shape index (κ2) is 18.0. The fourth-order valence-electron chi connectivity index (χ4n) is 2.56. The van der Waals surface area contributed by atoms with E-state index in [1.165, 1.54) is 18.4 Å². The van der Waals surface area contributed by atoms with Crippen molar-refractivity contribution in [3.05, 3.63) is 134 Å². The number of aldehydes is 1. The number of hydrogen-bond donors (Lipinski definition) is 3. The van der Waals surface area contributed by atoms with Gasteiger partial charge in [0.15, 0.2) is 6.29 Å². The van der Waals surface area contributed by atoms with Crippen LogP contribution in [0.4, 0.5) is 0 Å². The van der Waals surface area contributed by atoms with E-state index in [0.29, 0.717) is 38.6 Å². The number of aliphatic hydroxyl groups excluding tert-OH is 2. The molecule has 0 aliphatic carbocycles. The van der Waals surface area contributed by atoms with E-state index in [0.717, 1.165) is 30.1 Å². The number of nitrogens with zero attached hydrogens (tertiary/aromatic N) is 4. The number of carbonyl (C=O) groups is 1. The SMILES string of the molecule is C=Cc1cnc(-c2ccc(C=O)nc2)c(Cl)c1.C=Cc1cnc(Cl)c(Cl)c1.CO.O=[N+]([O-])C1=CNC(=CO)C=C1. The third kappa shape index (κ3) is 10.8. The molecule has 3 N–H and O–H groups in total. The van der Waals surface area contributed by atoms with Crippen LogP contribution >= 0.6 is 34.8 Å². The Morgan fingerprint density at radius 1 is 0.950 bits per heavy atom. The Morgan fingerprint density at radius 3 is 2.00 bits per heavy atom. The van der Waals surface area contributed by atoms with Crippen LogP contribution in [0.2, 0.25) is 15.2 Å². The fraction of sp³-hybridized carbons (Fsp3) is 0.0370. The topological polar surface area (TPSA) is 151 Å². The van der Waals surface area contributed by atoms with Gasteiger partial charge in [-0.3, -0.25) is 24.9 Å². The van der Waals surface area contributed by atoms with Gasteiger partial charge in [-0.2, -0.15) is 0 Å². The van der Waals surface area contributed by atoms with Gasteiger partial charge >= 0.3 is 0 Å². The molecule has 4 rings (SSSR count). The highest BCUT2D eigenvalue weighted by Gasteiger charge is 2.09. The maximum atomic E-state index is 10.5. The molecular formula is C27H24Cl3N5O5. The largest absolute Gasteiger partial charge is 0.513 e. The number of allylic oxidation sites excluding steroid dienone is 2. The fourth-order valence-corrected chi connectivity index (χ4v) is 3.12. The lowest BCUT2D eigenvalue weighted by Gasteiger charge is -2.04. The van der Waals surface area contributed by atoms with Crippen LogP contribution in [0.15, 0.2) is 92.0 Å². The molecule has 3 aromatic heterocycles. The highest BCUT2D eigenvalue weighted by atomic mass is 35.5. The summed E-state index contributed by atoms with van der Waals surface area (Å²) in [6, 6.07) is 6.88. The van der Waals surface area contributed by atoms with Gasteiger partial charge < -0.3 is 15.5 Å². The molecule has 0 fully saturated rings. The molecule has 0 saturated heterocycles. The summed E-state index contributed by atoms with van der Waals surface area (Å²) < 4.78 is 0. The smallest absolute Gasteiger partial charge is 0.285 e. The van der Waals surface area contributed by atoms with E-state index in [9.17, 15) is 14.9 Å². The van der Waals surface area contributed by atoms with Gasteiger partial charge in [0.05, 0.1) is 32.6 Å². The Kier molecular flexibility index (Phi) is 15.2. The molecule has 0 atom stereocenters. The van der Waals surface area contributed by atoms with Gasteiger partial charge in [0.1, 0.15) is 17.1 Å². The zero-order valence-electron chi connectivity index (χ0n) is 21.0. The summed E-state index contributed by atoms with van der Waals surface area (Å²) in [6.07, 6.45) is 13.7. The lowest BCUT2D eigenvalue weighted by Crippen LogP contribution is -2.11. The number of aromatic nitrogens is 3. The Balaban J connectivity index is 0.000000304. The Bertz CT molecular complexity index is 1420. The Labute approximate surface area is 245 Å². The predicted molar refractivity (Wildman–Crippen MR) is 159 cm³/mol. The second-order valence-electron chi connectivity index (χ2n) is 7.03. The molecule has 0 spiro atoms. The molecule has 10 nitrogen and oxygen atoms in total. The van der Waals surface area contributed by atoms with Gasteiger partial charge in [0, 0.05) is 37.3 Å². The second-order valence-corrected chi connectivity index (χ2v) is 8.20. The zero-order valence-corrected chi connectivity index (χ0v) is 23.3. The van der Waals surface area contributed by atoms with Crippen molar-refractivity contribution in [1.29, 1.82) is 0 Å². The first-order chi connectivity index (χ1) is 19.2. The van der Waals surface area contributed by atoms with E-state index in [2.05, 4.69) is 33.4 Å². The normalized spacial score (nSPS) is 12.0. The number of nitro groups is 1. The van der Waals surface area contributed by atoms with Gasteiger partial charge in [0.2, 0.25) is 0 Å². The minimum atomic E-state index is -0.516. The average Bonchev–Trinajstić information content (AvgIpc) is 3.00. The highest BCUT2D eigenvalue weighted by molar-refractivity contribution is 6.41. The molecule has 1 aliphatic heterocycles. The number of aliphatic hydroxyl groups is 2. The van der Waals surface area contributed by atoms with Crippen LogP contribution in [-0.4, -0.2) is 43.5 Å². The van der Waals surface area contributed by atoms with Crippen molar-refractivity contribution in [3.63, 3.8) is 0 Å². The molecule has 13 heteroatoms. The summed E-state index contributed by atoms with van der Waals surface area (Å²) in [7, 11) is 1.00. The van der Waals surface area contributed by atoms with E-state index < -0.39 is 4.92 Å². The van der Waals surface area contributed by atoms with E-state index >= 15 is 0 Å². The number of hydrogen-bond acceptors (Lipinski definition) is 9. The molecule has 208 valence electrons. The van der Waals surface area contributed by atoms with Gasteiger partial charge in [-0.25, -0.2) is 4.98 Å². The molecule has 0 radical (unpaired) electrons. The number of rotatable bonds is 5. The minimum absolute atomic E-state index is 0.0319. The van der Waals surface area contributed by atoms with Crippen LogP contribution in [0.25, 0.3) is 23.4 Å². The maximum Gasteiger partial charge on any atom is 0.285 e. The predicted octanol–water partition coefficient (Wildman–Crippen LogP) is 6.56. The average molecular weight is 605 g/mol. The van der Waals surface area contributed by atoms with E-state index in [4.69, 9.17) is 45.0 Å². The summed E-state index contributed by atoms with van der Waals surface area (Å²) in [4.78, 5) is 32.1. The van der Waals surface area contributed by atoms with Crippen LogP contribution < -0.4 is 5.32 Å². The van der Waals surface area contributed by atoms with Crippen molar-refractivity contribution < 1.29 is 19.9 Å². The van der Waals surface area contributed by atoms with Crippen molar-refractivity contribution in [2.75, 3.05) is 7.11 Å². The molecule has 4 heterocycles. The number of pyridine rings is 3. The van der Waals surface area contributed by atoms with Gasteiger partial charge in [0.25, 0.3) is 5.70 Å². The third-order valence-electron chi connectivity index (χ3n) is 4.50. The Morgan fingerprint density at radius 2 is 1.57 bits per heavy atom. The van der Waals surface area contributed by atoms with Crippen molar-refractivity contribution in [2.24, 2.45) is 0 Å². The summed E-state index contributed by atoms with van der Waals surface area (Å²) in [5.41, 5.74) is 3.92. The van der Waals surface area contributed by atoms with Crippen LogP contribution in [0.5, 0.6) is 0 Å². The van der Waals surface area contributed by atoms with Crippen LogP contribution in [-0.2, 0) is 0 Å². The van der Waals surface area contributed by atoms with Crippen molar-refractivity contribution in [1.82, 2.24) is 20.3 Å². The number of carbonyl (C=O) groups excluding carboxylic acids is 1. The van der Waals surface area contributed by atoms with E-state index in [1.807, 2.05) is 0 Å². The molecular weight excluding hydrogens is 581 g/mol. The lowest BCUT2D eigenvalue weighted by molar-refractivity contribution is -0.419. The van der Waals surface area contributed by atoms with Crippen LogP contribution in [0.3, 0.4) is 0 Å². The van der Waals surface area contributed by atoms with Crippen molar-refractivity contribution >= 4 is 53.2 Å². The van der Waals surface area contributed by atoms with Gasteiger partial charge in [-0.1, -0.05) is 60.1 Å². The molecule has 40 heavy (non-hydrogen) atoms. The van der Waals surface area contributed by atoms with Crippen molar-refractivity contribution in [2.45, 2.75) is 0 Å². The number of nitrogens with one attached hydrogen (secondary N) is 1. The maximum absolute atomic E-state index is 10.5. The molecule has 0 aromatic carbocycles. The molecule has 0 saturated carbocycles. The summed E-state index contributed by atoms with van der Waals surface area (Å²) >= 11 is 17.3. The molecule has 0 bridgehead atoms. The monoisotopic (exact) mass is 603 g/mol. The number of halogens is 3. The van der Waals surface area contributed by atoms with Gasteiger partial charge in [-0.05, 0) is 41.5 Å². The molecule has 1 aliphatic rings. The zero-order chi connectivity index (χ0) is 30.1. The molecule has 3 aromatic rings. The lowest BCUT2D eigenvalue weighted by atomic mass is 10.1. The summed E-state index contributed by atoms with van der Waals surface area (Å²) in [5.74, 6) is 0. The first-order valence-corrected chi connectivity index (χ1v) is 12.1. The van der Waals surface area contributed by atoms with Gasteiger partial charge in [-0.15, -0.1) is 0 Å².